The number of hydrogen-bond donors (Lipinski definition) is 1. The number of carbonyl (C=O) groups excluding carboxylic acids is 1. The first-order chi connectivity index (χ1) is 9.63. The van der Waals surface area contributed by atoms with Crippen molar-refractivity contribution >= 4 is 11.6 Å². The summed E-state index contributed by atoms with van der Waals surface area (Å²) in [5.41, 5.74) is 0.901. The molecule has 0 aliphatic heterocycles. The lowest BCUT2D eigenvalue weighted by molar-refractivity contribution is 0.102. The number of methoxy groups -OCH3 is 2. The van der Waals surface area contributed by atoms with Gasteiger partial charge in [0.2, 0.25) is 0 Å². The molecular weight excluding hydrogens is 258 g/mol. The van der Waals surface area contributed by atoms with Crippen LogP contribution in [0.5, 0.6) is 11.5 Å². The van der Waals surface area contributed by atoms with Gasteiger partial charge in [-0.15, -0.1) is 0 Å². The van der Waals surface area contributed by atoms with E-state index in [1.807, 2.05) is 0 Å². The van der Waals surface area contributed by atoms with E-state index in [4.69, 9.17) is 9.47 Å². The number of aryl methyl sites for hydroxylation is 1. The second kappa shape index (κ2) is 6.01. The normalized spacial score (nSPS) is 9.95. The Morgan fingerprint density at radius 1 is 1.15 bits per heavy atom. The molecule has 1 aromatic heterocycles. The minimum atomic E-state index is -0.309. The highest BCUT2D eigenvalue weighted by atomic mass is 16.5. The summed E-state index contributed by atoms with van der Waals surface area (Å²) in [5, 5.41) is 2.75. The summed E-state index contributed by atoms with van der Waals surface area (Å²) < 4.78 is 10.3. The Bertz CT molecular complexity index is 612. The van der Waals surface area contributed by atoms with E-state index in [2.05, 4.69) is 15.3 Å². The molecule has 0 radical (unpaired) electrons. The van der Waals surface area contributed by atoms with E-state index in [1.165, 1.54) is 19.5 Å². The lowest BCUT2D eigenvalue weighted by Gasteiger charge is -2.11. The van der Waals surface area contributed by atoms with Crippen molar-refractivity contribution in [2.75, 3.05) is 19.5 Å². The summed E-state index contributed by atoms with van der Waals surface area (Å²) in [6.07, 6.45) is 2.95. The van der Waals surface area contributed by atoms with Gasteiger partial charge < -0.3 is 14.8 Å². The van der Waals surface area contributed by atoms with Gasteiger partial charge in [-0.1, -0.05) is 0 Å². The first kappa shape index (κ1) is 13.8. The number of rotatable bonds is 4. The number of benzene rings is 1. The molecule has 6 nitrogen and oxygen atoms in total. The number of carbonyl (C=O) groups is 1. The lowest BCUT2D eigenvalue weighted by Crippen LogP contribution is -2.13. The number of nitrogens with zero attached hydrogens (tertiary/aromatic N) is 2. The maximum atomic E-state index is 12.1. The van der Waals surface area contributed by atoms with Crippen LogP contribution in [0.4, 0.5) is 5.69 Å². The fraction of sp³-hybridized carbons (Fsp3) is 0.214. The fourth-order valence-corrected chi connectivity index (χ4v) is 1.62. The summed E-state index contributed by atoms with van der Waals surface area (Å²) in [5.74, 6) is 1.48. The zero-order chi connectivity index (χ0) is 14.5. The average Bonchev–Trinajstić information content (AvgIpc) is 2.47. The molecular formula is C14H15N3O3. The van der Waals surface area contributed by atoms with Crippen molar-refractivity contribution in [1.82, 2.24) is 9.97 Å². The predicted molar refractivity (Wildman–Crippen MR) is 74.3 cm³/mol. The number of ether oxygens (including phenoxy) is 2. The van der Waals surface area contributed by atoms with Crippen molar-refractivity contribution in [1.29, 1.82) is 0 Å². The van der Waals surface area contributed by atoms with Crippen LogP contribution in [0.15, 0.2) is 30.6 Å². The number of hydrogen-bond acceptors (Lipinski definition) is 5. The first-order valence-corrected chi connectivity index (χ1v) is 5.96. The van der Waals surface area contributed by atoms with E-state index in [0.717, 1.165) is 0 Å². The van der Waals surface area contributed by atoms with Crippen LogP contribution in [0.1, 0.15) is 16.2 Å². The molecule has 0 aliphatic rings. The molecule has 104 valence electrons. The van der Waals surface area contributed by atoms with Crippen molar-refractivity contribution in [3.63, 3.8) is 0 Å². The fourth-order valence-electron chi connectivity index (χ4n) is 1.62. The van der Waals surface area contributed by atoms with E-state index in [1.54, 1.807) is 32.2 Å². The Kier molecular flexibility index (Phi) is 4.14. The smallest absolute Gasteiger partial charge is 0.258 e. The van der Waals surface area contributed by atoms with Gasteiger partial charge in [-0.3, -0.25) is 4.79 Å². The van der Waals surface area contributed by atoms with Gasteiger partial charge in [0.15, 0.2) is 0 Å². The quantitative estimate of drug-likeness (QED) is 0.923. The summed E-state index contributed by atoms with van der Waals surface area (Å²) in [6.45, 7) is 1.76. The van der Waals surface area contributed by atoms with Crippen molar-refractivity contribution in [3.05, 3.63) is 42.0 Å². The SMILES string of the molecule is COc1ccc(OC)c(NC(=O)c2cnc(C)nc2)c1. The molecule has 0 unspecified atom stereocenters. The zero-order valence-corrected chi connectivity index (χ0v) is 11.5. The van der Waals surface area contributed by atoms with Gasteiger partial charge in [-0.25, -0.2) is 9.97 Å². The number of nitrogens with one attached hydrogen (secondary N) is 1. The molecule has 0 fully saturated rings. The highest BCUT2D eigenvalue weighted by Gasteiger charge is 2.11. The Hall–Kier alpha value is -2.63. The first-order valence-electron chi connectivity index (χ1n) is 5.96. The zero-order valence-electron chi connectivity index (χ0n) is 11.5. The summed E-state index contributed by atoms with van der Waals surface area (Å²) >= 11 is 0. The topological polar surface area (TPSA) is 73.3 Å². The molecule has 6 heteroatoms. The molecule has 2 rings (SSSR count). The van der Waals surface area contributed by atoms with E-state index in [-0.39, 0.29) is 5.91 Å². The van der Waals surface area contributed by atoms with E-state index in [0.29, 0.717) is 28.6 Å². The monoisotopic (exact) mass is 273 g/mol. The third-order valence-electron chi connectivity index (χ3n) is 2.70. The summed E-state index contributed by atoms with van der Waals surface area (Å²) in [7, 11) is 3.09. The van der Waals surface area contributed by atoms with Crippen LogP contribution in [0.25, 0.3) is 0 Å². The van der Waals surface area contributed by atoms with E-state index >= 15 is 0 Å². The standard InChI is InChI=1S/C14H15N3O3/c1-9-15-7-10(8-16-9)14(18)17-12-6-11(19-2)4-5-13(12)20-3/h4-8H,1-3H3,(H,17,18). The molecule has 1 N–H and O–H groups in total. The predicted octanol–water partition coefficient (Wildman–Crippen LogP) is 2.05. The molecule has 0 aliphatic carbocycles. The van der Waals surface area contributed by atoms with Gasteiger partial charge in [0.1, 0.15) is 17.3 Å². The highest BCUT2D eigenvalue weighted by Crippen LogP contribution is 2.29. The second-order valence-electron chi connectivity index (χ2n) is 4.04. The largest absolute Gasteiger partial charge is 0.497 e. The Morgan fingerprint density at radius 2 is 1.85 bits per heavy atom. The van der Waals surface area contributed by atoms with Crippen molar-refractivity contribution in [3.8, 4) is 11.5 Å². The third kappa shape index (κ3) is 3.03. The molecule has 0 spiro atoms. The molecule has 2 aromatic rings. The van der Waals surface area contributed by atoms with Crippen LogP contribution in [0, 0.1) is 6.92 Å². The van der Waals surface area contributed by atoms with Gasteiger partial charge in [0.25, 0.3) is 5.91 Å². The minimum absolute atomic E-state index is 0.309. The lowest BCUT2D eigenvalue weighted by atomic mass is 10.2. The summed E-state index contributed by atoms with van der Waals surface area (Å²) in [6, 6.07) is 5.16. The molecule has 1 aromatic carbocycles. The molecule has 1 amide bonds. The van der Waals surface area contributed by atoms with Gasteiger partial charge in [0, 0.05) is 18.5 Å². The molecule has 0 atom stereocenters. The van der Waals surface area contributed by atoms with Crippen LogP contribution in [0.3, 0.4) is 0 Å². The van der Waals surface area contributed by atoms with Gasteiger partial charge in [-0.05, 0) is 19.1 Å². The Labute approximate surface area is 116 Å². The van der Waals surface area contributed by atoms with Crippen LogP contribution >= 0.6 is 0 Å². The third-order valence-corrected chi connectivity index (χ3v) is 2.70. The van der Waals surface area contributed by atoms with Gasteiger partial charge >= 0.3 is 0 Å². The second-order valence-corrected chi connectivity index (χ2v) is 4.04. The minimum Gasteiger partial charge on any atom is -0.497 e. The van der Waals surface area contributed by atoms with E-state index in [9.17, 15) is 4.79 Å². The maximum Gasteiger partial charge on any atom is 0.258 e. The molecule has 0 saturated heterocycles. The van der Waals surface area contributed by atoms with E-state index < -0.39 is 0 Å². The number of amides is 1. The van der Waals surface area contributed by atoms with Crippen LogP contribution in [0.2, 0.25) is 0 Å². The molecule has 1 heterocycles. The number of anilines is 1. The van der Waals surface area contributed by atoms with Gasteiger partial charge in [0.05, 0.1) is 25.5 Å². The average molecular weight is 273 g/mol. The number of aromatic nitrogens is 2. The van der Waals surface area contributed by atoms with Crippen LogP contribution < -0.4 is 14.8 Å². The van der Waals surface area contributed by atoms with Crippen LogP contribution in [-0.2, 0) is 0 Å². The maximum absolute atomic E-state index is 12.1. The summed E-state index contributed by atoms with van der Waals surface area (Å²) in [4.78, 5) is 20.1. The highest BCUT2D eigenvalue weighted by molar-refractivity contribution is 6.04. The molecule has 0 bridgehead atoms. The van der Waals surface area contributed by atoms with Crippen LogP contribution in [-0.4, -0.2) is 30.1 Å². The Morgan fingerprint density at radius 3 is 2.45 bits per heavy atom. The van der Waals surface area contributed by atoms with Crippen molar-refractivity contribution in [2.45, 2.75) is 6.92 Å². The van der Waals surface area contributed by atoms with Crippen molar-refractivity contribution in [2.24, 2.45) is 0 Å². The van der Waals surface area contributed by atoms with Crippen molar-refractivity contribution < 1.29 is 14.3 Å². The Balaban J connectivity index is 2.24. The van der Waals surface area contributed by atoms with Gasteiger partial charge in [-0.2, -0.15) is 0 Å². The molecule has 20 heavy (non-hydrogen) atoms. The molecule has 0 saturated carbocycles.